The Bertz CT molecular complexity index is 305. The zero-order valence-corrected chi connectivity index (χ0v) is 12.5. The third-order valence-electron chi connectivity index (χ3n) is 5.19. The van der Waals surface area contributed by atoms with Crippen molar-refractivity contribution in [3.8, 4) is 0 Å². The third kappa shape index (κ3) is 3.95. The summed E-state index contributed by atoms with van der Waals surface area (Å²) in [5.41, 5.74) is 6.15. The van der Waals surface area contributed by atoms with Gasteiger partial charge < -0.3 is 11.1 Å². The summed E-state index contributed by atoms with van der Waals surface area (Å²) in [6.07, 6.45) is 9.41. The largest absolute Gasteiger partial charge is 0.353 e. The smallest absolute Gasteiger partial charge is 0.224 e. The molecule has 3 heteroatoms. The van der Waals surface area contributed by atoms with Crippen molar-refractivity contribution >= 4 is 5.91 Å². The molecule has 0 spiro atoms. The van der Waals surface area contributed by atoms with Gasteiger partial charge >= 0.3 is 0 Å². The van der Waals surface area contributed by atoms with Gasteiger partial charge in [0.25, 0.3) is 0 Å². The lowest BCUT2D eigenvalue weighted by Gasteiger charge is -2.33. The van der Waals surface area contributed by atoms with Crippen LogP contribution in [-0.2, 0) is 4.79 Å². The topological polar surface area (TPSA) is 55.1 Å². The summed E-state index contributed by atoms with van der Waals surface area (Å²) in [4.78, 5) is 12.5. The standard InChI is InChI=1S/C16H30N2O/c1-11-8-9-14(17)13(10-11)16(19)18-15-7-5-3-4-6-12(15)2/h11-15H,3-10,17H2,1-2H3,(H,18,19). The lowest BCUT2D eigenvalue weighted by Crippen LogP contribution is -2.49. The van der Waals surface area contributed by atoms with Crippen molar-refractivity contribution in [2.75, 3.05) is 0 Å². The summed E-state index contributed by atoms with van der Waals surface area (Å²) in [5, 5.41) is 3.31. The highest BCUT2D eigenvalue weighted by atomic mass is 16.2. The summed E-state index contributed by atoms with van der Waals surface area (Å²) in [7, 11) is 0. The van der Waals surface area contributed by atoms with Gasteiger partial charge in [0.05, 0.1) is 5.92 Å². The first kappa shape index (κ1) is 14.8. The number of carbonyl (C=O) groups excluding carboxylic acids is 1. The number of nitrogens with two attached hydrogens (primary N) is 1. The van der Waals surface area contributed by atoms with Crippen LogP contribution in [0.3, 0.4) is 0 Å². The van der Waals surface area contributed by atoms with Crippen LogP contribution < -0.4 is 11.1 Å². The fraction of sp³-hybridized carbons (Fsp3) is 0.938. The molecule has 0 aliphatic heterocycles. The molecule has 2 saturated carbocycles. The molecule has 0 heterocycles. The van der Waals surface area contributed by atoms with Gasteiger partial charge in [0.15, 0.2) is 0 Å². The van der Waals surface area contributed by atoms with E-state index in [1.165, 1.54) is 32.1 Å². The molecule has 2 aliphatic carbocycles. The van der Waals surface area contributed by atoms with Crippen molar-refractivity contribution in [1.82, 2.24) is 5.32 Å². The number of hydrogen-bond donors (Lipinski definition) is 2. The molecule has 1 amide bonds. The molecule has 0 aromatic heterocycles. The van der Waals surface area contributed by atoms with Gasteiger partial charge in [-0.2, -0.15) is 0 Å². The first-order chi connectivity index (χ1) is 9.08. The SMILES string of the molecule is CC1CCC(N)C(C(=O)NC2CCCCCC2C)C1. The van der Waals surface area contributed by atoms with Crippen LogP contribution in [0.5, 0.6) is 0 Å². The summed E-state index contributed by atoms with van der Waals surface area (Å²) >= 11 is 0. The number of amides is 1. The van der Waals surface area contributed by atoms with E-state index in [0.29, 0.717) is 17.9 Å². The van der Waals surface area contributed by atoms with Crippen LogP contribution in [0.15, 0.2) is 0 Å². The molecular weight excluding hydrogens is 236 g/mol. The second-order valence-corrected chi connectivity index (χ2v) is 6.92. The van der Waals surface area contributed by atoms with E-state index in [1.54, 1.807) is 0 Å². The number of carbonyl (C=O) groups is 1. The van der Waals surface area contributed by atoms with Gasteiger partial charge in [-0.15, -0.1) is 0 Å². The van der Waals surface area contributed by atoms with Gasteiger partial charge in [0.1, 0.15) is 0 Å². The molecule has 0 radical (unpaired) electrons. The van der Waals surface area contributed by atoms with E-state index in [1.807, 2.05) is 0 Å². The highest BCUT2D eigenvalue weighted by Gasteiger charge is 2.33. The average molecular weight is 266 g/mol. The molecule has 3 nitrogen and oxygen atoms in total. The molecule has 0 aromatic carbocycles. The Hall–Kier alpha value is -0.570. The van der Waals surface area contributed by atoms with Gasteiger partial charge in [0.2, 0.25) is 5.91 Å². The first-order valence-electron chi connectivity index (χ1n) is 8.14. The Morgan fingerprint density at radius 3 is 2.58 bits per heavy atom. The quantitative estimate of drug-likeness (QED) is 0.755. The summed E-state index contributed by atoms with van der Waals surface area (Å²) in [6, 6.07) is 0.441. The van der Waals surface area contributed by atoms with Crippen molar-refractivity contribution in [3.63, 3.8) is 0 Å². The van der Waals surface area contributed by atoms with Crippen molar-refractivity contribution in [2.45, 2.75) is 77.3 Å². The molecule has 2 aliphatic rings. The Morgan fingerprint density at radius 1 is 1.05 bits per heavy atom. The molecule has 110 valence electrons. The maximum Gasteiger partial charge on any atom is 0.224 e. The fourth-order valence-electron chi connectivity index (χ4n) is 3.70. The van der Waals surface area contributed by atoms with Crippen LogP contribution in [0, 0.1) is 17.8 Å². The van der Waals surface area contributed by atoms with Crippen LogP contribution >= 0.6 is 0 Å². The van der Waals surface area contributed by atoms with E-state index in [-0.39, 0.29) is 17.9 Å². The van der Waals surface area contributed by atoms with Gasteiger partial charge in [-0.05, 0) is 43.9 Å². The summed E-state index contributed by atoms with van der Waals surface area (Å²) in [6.45, 7) is 4.51. The predicted molar refractivity (Wildman–Crippen MR) is 78.7 cm³/mol. The zero-order chi connectivity index (χ0) is 13.8. The van der Waals surface area contributed by atoms with Gasteiger partial charge in [-0.3, -0.25) is 4.79 Å². The lowest BCUT2D eigenvalue weighted by molar-refractivity contribution is -0.128. The Labute approximate surface area is 117 Å². The Morgan fingerprint density at radius 2 is 1.79 bits per heavy atom. The number of hydrogen-bond acceptors (Lipinski definition) is 2. The van der Waals surface area contributed by atoms with Gasteiger partial charge in [-0.25, -0.2) is 0 Å². The third-order valence-corrected chi connectivity index (χ3v) is 5.19. The van der Waals surface area contributed by atoms with E-state index in [0.717, 1.165) is 19.3 Å². The minimum Gasteiger partial charge on any atom is -0.353 e. The summed E-state index contributed by atoms with van der Waals surface area (Å²) < 4.78 is 0. The van der Waals surface area contributed by atoms with Gasteiger partial charge in [-0.1, -0.05) is 33.1 Å². The van der Waals surface area contributed by atoms with Crippen molar-refractivity contribution in [1.29, 1.82) is 0 Å². The normalized spacial score (nSPS) is 40.5. The second kappa shape index (κ2) is 6.74. The van der Waals surface area contributed by atoms with E-state index in [2.05, 4.69) is 19.2 Å². The van der Waals surface area contributed by atoms with Crippen LogP contribution in [0.25, 0.3) is 0 Å². The molecule has 3 N–H and O–H groups in total. The summed E-state index contributed by atoms with van der Waals surface area (Å²) in [5.74, 6) is 1.52. The van der Waals surface area contributed by atoms with Gasteiger partial charge in [0, 0.05) is 12.1 Å². The maximum atomic E-state index is 12.5. The van der Waals surface area contributed by atoms with Crippen LogP contribution in [0.2, 0.25) is 0 Å². The average Bonchev–Trinajstić information content (AvgIpc) is 2.58. The van der Waals surface area contributed by atoms with E-state index in [9.17, 15) is 4.79 Å². The van der Waals surface area contributed by atoms with Crippen LogP contribution in [0.1, 0.15) is 65.2 Å². The maximum absolute atomic E-state index is 12.5. The Balaban J connectivity index is 1.91. The second-order valence-electron chi connectivity index (χ2n) is 6.92. The molecule has 0 aromatic rings. The molecule has 0 bridgehead atoms. The monoisotopic (exact) mass is 266 g/mol. The molecule has 19 heavy (non-hydrogen) atoms. The number of rotatable bonds is 2. The van der Waals surface area contributed by atoms with E-state index in [4.69, 9.17) is 5.73 Å². The van der Waals surface area contributed by atoms with Crippen molar-refractivity contribution in [2.24, 2.45) is 23.5 Å². The molecular formula is C16H30N2O. The minimum absolute atomic E-state index is 0.0409. The molecule has 5 unspecified atom stereocenters. The first-order valence-corrected chi connectivity index (χ1v) is 8.14. The zero-order valence-electron chi connectivity index (χ0n) is 12.5. The highest BCUT2D eigenvalue weighted by Crippen LogP contribution is 2.29. The highest BCUT2D eigenvalue weighted by molar-refractivity contribution is 5.79. The predicted octanol–water partition coefficient (Wildman–Crippen LogP) is 2.83. The van der Waals surface area contributed by atoms with E-state index < -0.39 is 0 Å². The van der Waals surface area contributed by atoms with Crippen molar-refractivity contribution in [3.05, 3.63) is 0 Å². The van der Waals surface area contributed by atoms with Crippen molar-refractivity contribution < 1.29 is 4.79 Å². The van der Waals surface area contributed by atoms with E-state index >= 15 is 0 Å². The molecule has 0 saturated heterocycles. The Kier molecular flexibility index (Phi) is 5.26. The minimum atomic E-state index is 0.0409. The van der Waals surface area contributed by atoms with Crippen LogP contribution in [-0.4, -0.2) is 18.0 Å². The van der Waals surface area contributed by atoms with Crippen LogP contribution in [0.4, 0.5) is 0 Å². The molecule has 2 fully saturated rings. The molecule has 5 atom stereocenters. The molecule has 2 rings (SSSR count). The fourth-order valence-corrected chi connectivity index (χ4v) is 3.70. The lowest BCUT2D eigenvalue weighted by atomic mass is 9.78. The number of nitrogens with one attached hydrogen (secondary N) is 1.